The zero-order chi connectivity index (χ0) is 19.5. The Morgan fingerprint density at radius 3 is 2.50 bits per heavy atom. The monoisotopic (exact) mass is 370 g/mol. The van der Waals surface area contributed by atoms with E-state index in [1.807, 2.05) is 54.6 Å². The Labute approximate surface area is 161 Å². The molecular weight excluding hydrogens is 352 g/mol. The van der Waals surface area contributed by atoms with Gasteiger partial charge in [0.25, 0.3) is 5.56 Å². The van der Waals surface area contributed by atoms with Crippen LogP contribution in [-0.4, -0.2) is 16.1 Å². The van der Waals surface area contributed by atoms with E-state index in [9.17, 15) is 9.59 Å². The standard InChI is InChI=1S/C22H18N4O2/c23-16-10-8-14(9-11-16)12-20(27)24-17-5-3-4-15(13-17)21-18-6-1-2-7-19(18)22(28)26-25-21/h1-11,13H,12,23H2,(H,24,27)(H,26,28). The minimum atomic E-state index is -0.229. The Bertz CT molecular complexity index is 1210. The number of aromatic amines is 1. The number of aromatic nitrogens is 2. The molecule has 3 aromatic carbocycles. The van der Waals surface area contributed by atoms with Crippen molar-refractivity contribution in [3.8, 4) is 11.3 Å². The fraction of sp³-hybridized carbons (Fsp3) is 0.0455. The third kappa shape index (κ3) is 3.61. The van der Waals surface area contributed by atoms with E-state index in [4.69, 9.17) is 5.73 Å². The average Bonchev–Trinajstić information content (AvgIpc) is 2.70. The van der Waals surface area contributed by atoms with Crippen molar-refractivity contribution in [2.75, 3.05) is 11.1 Å². The molecular formula is C22H18N4O2. The van der Waals surface area contributed by atoms with Gasteiger partial charge in [0.15, 0.2) is 0 Å². The van der Waals surface area contributed by atoms with Crippen LogP contribution in [-0.2, 0) is 11.2 Å². The van der Waals surface area contributed by atoms with Gasteiger partial charge in [-0.05, 0) is 35.9 Å². The number of rotatable bonds is 4. The number of hydrogen-bond acceptors (Lipinski definition) is 4. The summed E-state index contributed by atoms with van der Waals surface area (Å²) in [7, 11) is 0. The first kappa shape index (κ1) is 17.5. The minimum Gasteiger partial charge on any atom is -0.399 e. The van der Waals surface area contributed by atoms with Crippen LogP contribution < -0.4 is 16.6 Å². The maximum atomic E-state index is 12.4. The number of carbonyl (C=O) groups is 1. The van der Waals surface area contributed by atoms with Crippen molar-refractivity contribution in [2.45, 2.75) is 6.42 Å². The van der Waals surface area contributed by atoms with E-state index < -0.39 is 0 Å². The second kappa shape index (κ2) is 7.36. The van der Waals surface area contributed by atoms with Crippen molar-refractivity contribution in [3.05, 3.63) is 88.7 Å². The van der Waals surface area contributed by atoms with E-state index in [1.165, 1.54) is 0 Å². The van der Waals surface area contributed by atoms with Crippen molar-refractivity contribution >= 4 is 28.1 Å². The molecule has 6 heteroatoms. The number of nitrogen functional groups attached to an aromatic ring is 1. The van der Waals surface area contributed by atoms with Gasteiger partial charge in [0.2, 0.25) is 5.91 Å². The molecule has 1 amide bonds. The highest BCUT2D eigenvalue weighted by atomic mass is 16.1. The molecule has 0 unspecified atom stereocenters. The summed E-state index contributed by atoms with van der Waals surface area (Å²) in [5, 5.41) is 11.0. The van der Waals surface area contributed by atoms with Crippen LogP contribution in [0.15, 0.2) is 77.6 Å². The maximum absolute atomic E-state index is 12.4. The van der Waals surface area contributed by atoms with Crippen LogP contribution in [0, 0.1) is 0 Å². The predicted molar refractivity (Wildman–Crippen MR) is 111 cm³/mol. The number of benzene rings is 3. The fourth-order valence-corrected chi connectivity index (χ4v) is 3.11. The lowest BCUT2D eigenvalue weighted by molar-refractivity contribution is -0.115. The van der Waals surface area contributed by atoms with Crippen molar-refractivity contribution in [1.82, 2.24) is 10.2 Å². The molecule has 1 aromatic heterocycles. The summed E-state index contributed by atoms with van der Waals surface area (Å²) in [6.07, 6.45) is 0.254. The van der Waals surface area contributed by atoms with Crippen LogP contribution in [0.1, 0.15) is 5.56 Å². The lowest BCUT2D eigenvalue weighted by atomic mass is 10.0. The molecule has 0 aliphatic carbocycles. The van der Waals surface area contributed by atoms with Gasteiger partial charge in [-0.1, -0.05) is 42.5 Å². The third-order valence-electron chi connectivity index (χ3n) is 4.46. The average molecular weight is 370 g/mol. The quantitative estimate of drug-likeness (QED) is 0.480. The Morgan fingerprint density at radius 1 is 0.964 bits per heavy atom. The lowest BCUT2D eigenvalue weighted by Crippen LogP contribution is -2.14. The SMILES string of the molecule is Nc1ccc(CC(=O)Nc2cccc(-c3n[nH]c(=O)c4ccccc34)c2)cc1. The second-order valence-corrected chi connectivity index (χ2v) is 6.49. The van der Waals surface area contributed by atoms with E-state index in [-0.39, 0.29) is 17.9 Å². The van der Waals surface area contributed by atoms with Crippen LogP contribution in [0.25, 0.3) is 22.0 Å². The van der Waals surface area contributed by atoms with Crippen molar-refractivity contribution in [2.24, 2.45) is 0 Å². The first-order valence-corrected chi connectivity index (χ1v) is 8.82. The summed E-state index contributed by atoms with van der Waals surface area (Å²) < 4.78 is 0. The summed E-state index contributed by atoms with van der Waals surface area (Å²) in [5.41, 5.74) is 9.12. The summed E-state index contributed by atoms with van der Waals surface area (Å²) >= 11 is 0. The molecule has 4 aromatic rings. The van der Waals surface area contributed by atoms with Crippen LogP contribution in [0.5, 0.6) is 0 Å². The van der Waals surface area contributed by atoms with Gasteiger partial charge in [-0.25, -0.2) is 5.10 Å². The molecule has 0 atom stereocenters. The first-order valence-electron chi connectivity index (χ1n) is 8.82. The third-order valence-corrected chi connectivity index (χ3v) is 4.46. The molecule has 4 N–H and O–H groups in total. The van der Waals surface area contributed by atoms with Crippen molar-refractivity contribution in [1.29, 1.82) is 0 Å². The Kier molecular flexibility index (Phi) is 4.60. The van der Waals surface area contributed by atoms with Crippen LogP contribution in [0.2, 0.25) is 0 Å². The number of hydrogen-bond donors (Lipinski definition) is 3. The van der Waals surface area contributed by atoms with Crippen molar-refractivity contribution < 1.29 is 4.79 Å². The highest BCUT2D eigenvalue weighted by molar-refractivity contribution is 5.96. The van der Waals surface area contributed by atoms with E-state index in [2.05, 4.69) is 15.5 Å². The molecule has 0 aliphatic heterocycles. The van der Waals surface area contributed by atoms with Gasteiger partial charge in [-0.3, -0.25) is 9.59 Å². The Morgan fingerprint density at radius 2 is 1.71 bits per heavy atom. The van der Waals surface area contributed by atoms with Gasteiger partial charge in [-0.2, -0.15) is 5.10 Å². The molecule has 0 bridgehead atoms. The molecule has 0 saturated heterocycles. The van der Waals surface area contributed by atoms with Gasteiger partial charge in [0.1, 0.15) is 0 Å². The highest BCUT2D eigenvalue weighted by Crippen LogP contribution is 2.26. The van der Waals surface area contributed by atoms with E-state index in [0.29, 0.717) is 22.5 Å². The molecule has 0 spiro atoms. The van der Waals surface area contributed by atoms with E-state index in [0.717, 1.165) is 16.5 Å². The molecule has 1 heterocycles. The predicted octanol–water partition coefficient (Wildman–Crippen LogP) is 3.35. The molecule has 0 aliphatic rings. The zero-order valence-corrected chi connectivity index (χ0v) is 15.0. The van der Waals surface area contributed by atoms with Gasteiger partial charge in [0, 0.05) is 22.3 Å². The number of nitrogens with two attached hydrogens (primary N) is 1. The van der Waals surface area contributed by atoms with Gasteiger partial charge < -0.3 is 11.1 Å². The molecule has 138 valence electrons. The summed E-state index contributed by atoms with van der Waals surface area (Å²) in [5.74, 6) is -0.124. The smallest absolute Gasteiger partial charge is 0.272 e. The lowest BCUT2D eigenvalue weighted by Gasteiger charge is -2.09. The maximum Gasteiger partial charge on any atom is 0.272 e. The topological polar surface area (TPSA) is 101 Å². The van der Waals surface area contributed by atoms with E-state index >= 15 is 0 Å². The van der Waals surface area contributed by atoms with Crippen molar-refractivity contribution in [3.63, 3.8) is 0 Å². The molecule has 6 nitrogen and oxygen atoms in total. The van der Waals surface area contributed by atoms with Gasteiger partial charge >= 0.3 is 0 Å². The number of nitrogens with zero attached hydrogens (tertiary/aromatic N) is 1. The minimum absolute atomic E-state index is 0.124. The number of anilines is 2. The highest BCUT2D eigenvalue weighted by Gasteiger charge is 2.10. The molecule has 0 saturated carbocycles. The Hall–Kier alpha value is -3.93. The number of nitrogens with one attached hydrogen (secondary N) is 2. The molecule has 28 heavy (non-hydrogen) atoms. The second-order valence-electron chi connectivity index (χ2n) is 6.49. The van der Waals surface area contributed by atoms with E-state index in [1.54, 1.807) is 18.2 Å². The molecule has 4 rings (SSSR count). The number of carbonyl (C=O) groups excluding carboxylic acids is 1. The fourth-order valence-electron chi connectivity index (χ4n) is 3.11. The number of H-pyrrole nitrogens is 1. The first-order chi connectivity index (χ1) is 13.6. The summed E-state index contributed by atoms with van der Waals surface area (Å²) in [4.78, 5) is 24.4. The van der Waals surface area contributed by atoms with Gasteiger partial charge in [0.05, 0.1) is 17.5 Å². The number of amides is 1. The summed E-state index contributed by atoms with van der Waals surface area (Å²) in [6, 6.07) is 21.9. The van der Waals surface area contributed by atoms with Gasteiger partial charge in [-0.15, -0.1) is 0 Å². The summed E-state index contributed by atoms with van der Waals surface area (Å²) in [6.45, 7) is 0. The number of fused-ring (bicyclic) bond motifs is 1. The zero-order valence-electron chi connectivity index (χ0n) is 15.0. The normalized spacial score (nSPS) is 10.7. The molecule has 0 radical (unpaired) electrons. The van der Waals surface area contributed by atoms with Crippen LogP contribution in [0.3, 0.4) is 0 Å². The molecule has 0 fully saturated rings. The Balaban J connectivity index is 1.60. The van der Waals surface area contributed by atoms with Crippen LogP contribution in [0.4, 0.5) is 11.4 Å². The van der Waals surface area contributed by atoms with Crippen LogP contribution >= 0.6 is 0 Å². The largest absolute Gasteiger partial charge is 0.399 e.